The second-order valence-corrected chi connectivity index (χ2v) is 3.11. The molecule has 0 atom stereocenters. The third kappa shape index (κ3) is 1.39. The Bertz CT molecular complexity index is 441. The molecule has 0 aliphatic rings. The van der Waals surface area contributed by atoms with E-state index in [2.05, 4.69) is 31.1 Å². The minimum absolute atomic E-state index is 0.304. The van der Waals surface area contributed by atoms with E-state index in [0.717, 1.165) is 0 Å². The molecule has 4 nitrogen and oxygen atoms in total. The highest BCUT2D eigenvalue weighted by Gasteiger charge is 2.15. The van der Waals surface area contributed by atoms with Crippen molar-refractivity contribution < 1.29 is 8.78 Å². The molecule has 2 heterocycles. The molecule has 0 aliphatic carbocycles. The fourth-order valence-electron chi connectivity index (χ4n) is 0.945. The van der Waals surface area contributed by atoms with Gasteiger partial charge in [0.15, 0.2) is 5.65 Å². The Morgan fingerprint density at radius 2 is 2.15 bits per heavy atom. The zero-order valence-electron chi connectivity index (χ0n) is 6.15. The van der Waals surface area contributed by atoms with E-state index in [1.165, 1.54) is 16.8 Å². The Morgan fingerprint density at radius 3 is 2.85 bits per heavy atom. The topological polar surface area (TPSA) is 43.1 Å². The van der Waals surface area contributed by atoms with Crippen LogP contribution in [-0.2, 0) is 0 Å². The Labute approximate surface area is 79.7 Å². The molecule has 2 rings (SSSR count). The predicted octanol–water partition coefficient (Wildman–Crippen LogP) is 1.82. The Kier molecular flexibility index (Phi) is 1.95. The lowest BCUT2D eigenvalue weighted by atomic mass is 10.6. The van der Waals surface area contributed by atoms with Crippen LogP contribution in [0.3, 0.4) is 0 Å². The van der Waals surface area contributed by atoms with E-state index in [1.807, 2.05) is 0 Å². The van der Waals surface area contributed by atoms with Crippen LogP contribution in [0.2, 0.25) is 0 Å². The maximum absolute atomic E-state index is 12.3. The molecule has 0 spiro atoms. The molecule has 0 saturated heterocycles. The molecular formula is C6H3BrF2N4. The lowest BCUT2D eigenvalue weighted by Crippen LogP contribution is -1.95. The fourth-order valence-corrected chi connectivity index (χ4v) is 1.25. The Balaban J connectivity index is 2.71. The number of nitrogens with zero attached hydrogens (tertiary/aromatic N) is 4. The Morgan fingerprint density at radius 1 is 1.38 bits per heavy atom. The van der Waals surface area contributed by atoms with E-state index in [0.29, 0.717) is 10.3 Å². The van der Waals surface area contributed by atoms with Crippen molar-refractivity contribution in [2.24, 2.45) is 0 Å². The van der Waals surface area contributed by atoms with Crippen molar-refractivity contribution in [3.8, 4) is 0 Å². The average molecular weight is 249 g/mol. The molecule has 0 radical (unpaired) electrons. The Hall–Kier alpha value is -1.11. The van der Waals surface area contributed by atoms with E-state index < -0.39 is 6.43 Å². The molecule has 0 bridgehead atoms. The van der Waals surface area contributed by atoms with Crippen LogP contribution >= 0.6 is 15.9 Å². The maximum Gasteiger partial charge on any atom is 0.297 e. The molecule has 0 fully saturated rings. The van der Waals surface area contributed by atoms with Crippen molar-refractivity contribution in [3.05, 3.63) is 22.8 Å². The summed E-state index contributed by atoms with van der Waals surface area (Å²) in [6.07, 6.45) is 0.129. The molecule has 2 aromatic heterocycles. The summed E-state index contributed by atoms with van der Waals surface area (Å²) in [5, 5.41) is 6.87. The van der Waals surface area contributed by atoms with E-state index >= 15 is 0 Å². The van der Waals surface area contributed by atoms with Gasteiger partial charge in [-0.2, -0.15) is 0 Å². The number of rotatable bonds is 1. The summed E-state index contributed by atoms with van der Waals surface area (Å²) in [6, 6.07) is 0. The van der Waals surface area contributed by atoms with Gasteiger partial charge in [0.05, 0.1) is 6.20 Å². The van der Waals surface area contributed by atoms with Crippen molar-refractivity contribution in [1.29, 1.82) is 0 Å². The molecule has 0 unspecified atom stereocenters. The van der Waals surface area contributed by atoms with E-state index in [-0.39, 0.29) is 5.82 Å². The summed E-state index contributed by atoms with van der Waals surface area (Å²) in [5.41, 5.74) is 0.304. The minimum Gasteiger partial charge on any atom is -0.278 e. The summed E-state index contributed by atoms with van der Waals surface area (Å²) in [5.74, 6) is -0.377. The number of hydrogen-bond acceptors (Lipinski definition) is 3. The van der Waals surface area contributed by atoms with Gasteiger partial charge in [0.2, 0.25) is 5.82 Å². The monoisotopic (exact) mass is 248 g/mol. The number of alkyl halides is 2. The summed E-state index contributed by atoms with van der Waals surface area (Å²) in [7, 11) is 0. The van der Waals surface area contributed by atoms with Crippen LogP contribution < -0.4 is 0 Å². The summed E-state index contributed by atoms with van der Waals surface area (Å²) in [6.45, 7) is 0. The largest absolute Gasteiger partial charge is 0.297 e. The van der Waals surface area contributed by atoms with E-state index in [4.69, 9.17) is 0 Å². The first-order valence-corrected chi connectivity index (χ1v) is 4.12. The quantitative estimate of drug-likeness (QED) is 0.774. The molecule has 13 heavy (non-hydrogen) atoms. The molecule has 7 heteroatoms. The van der Waals surface area contributed by atoms with Gasteiger partial charge in [-0.3, -0.25) is 4.40 Å². The standard InChI is InChI=1S/C6H3BrF2N4/c7-3-2-13-4(1-10-3)11-12-6(13)5(8)9/h1-2,5H. The van der Waals surface area contributed by atoms with Gasteiger partial charge < -0.3 is 0 Å². The van der Waals surface area contributed by atoms with Gasteiger partial charge in [-0.15, -0.1) is 10.2 Å². The fraction of sp³-hybridized carbons (Fsp3) is 0.167. The molecule has 0 amide bonds. The normalized spacial score (nSPS) is 11.4. The predicted molar refractivity (Wildman–Crippen MR) is 43.4 cm³/mol. The first-order valence-electron chi connectivity index (χ1n) is 3.33. The highest BCUT2D eigenvalue weighted by atomic mass is 79.9. The van der Waals surface area contributed by atoms with Gasteiger partial charge in [0, 0.05) is 6.20 Å². The molecule has 0 saturated carbocycles. The third-order valence-corrected chi connectivity index (χ3v) is 1.89. The van der Waals surface area contributed by atoms with Crippen LogP contribution in [0, 0.1) is 0 Å². The first kappa shape index (κ1) is 8.49. The van der Waals surface area contributed by atoms with Crippen molar-refractivity contribution in [2.75, 3.05) is 0 Å². The molecule has 0 N–H and O–H groups in total. The van der Waals surface area contributed by atoms with Crippen LogP contribution in [0.5, 0.6) is 0 Å². The first-order chi connectivity index (χ1) is 6.18. The van der Waals surface area contributed by atoms with Gasteiger partial charge in [-0.25, -0.2) is 13.8 Å². The van der Waals surface area contributed by atoms with Crippen molar-refractivity contribution in [1.82, 2.24) is 19.6 Å². The van der Waals surface area contributed by atoms with Gasteiger partial charge in [0.25, 0.3) is 6.43 Å². The molecule has 0 aromatic carbocycles. The highest BCUT2D eigenvalue weighted by Crippen LogP contribution is 2.18. The van der Waals surface area contributed by atoms with Crippen LogP contribution in [0.15, 0.2) is 17.0 Å². The summed E-state index contributed by atoms with van der Waals surface area (Å²) >= 11 is 3.07. The van der Waals surface area contributed by atoms with Gasteiger partial charge in [0.1, 0.15) is 4.60 Å². The number of aromatic nitrogens is 4. The van der Waals surface area contributed by atoms with Gasteiger partial charge in [-0.05, 0) is 15.9 Å². The lowest BCUT2D eigenvalue weighted by molar-refractivity contribution is 0.139. The van der Waals surface area contributed by atoms with Gasteiger partial charge in [-0.1, -0.05) is 0 Å². The number of halogens is 3. The average Bonchev–Trinajstić information content (AvgIpc) is 2.46. The molecule has 68 valence electrons. The van der Waals surface area contributed by atoms with E-state index in [9.17, 15) is 8.78 Å². The van der Waals surface area contributed by atoms with E-state index in [1.54, 1.807) is 0 Å². The molecular weight excluding hydrogens is 246 g/mol. The SMILES string of the molecule is FC(F)c1nnc2cnc(Br)cn12. The summed E-state index contributed by atoms with van der Waals surface area (Å²) in [4.78, 5) is 3.83. The second kappa shape index (κ2) is 2.99. The highest BCUT2D eigenvalue weighted by molar-refractivity contribution is 9.10. The zero-order valence-corrected chi connectivity index (χ0v) is 7.74. The molecule has 0 aliphatic heterocycles. The van der Waals surface area contributed by atoms with Crippen LogP contribution in [-0.4, -0.2) is 19.6 Å². The number of hydrogen-bond donors (Lipinski definition) is 0. The zero-order chi connectivity index (χ0) is 9.42. The third-order valence-electron chi connectivity index (χ3n) is 1.48. The lowest BCUT2D eigenvalue weighted by Gasteiger charge is -1.96. The minimum atomic E-state index is -2.63. The van der Waals surface area contributed by atoms with Crippen LogP contribution in [0.1, 0.15) is 12.2 Å². The number of fused-ring (bicyclic) bond motifs is 1. The van der Waals surface area contributed by atoms with Crippen LogP contribution in [0.4, 0.5) is 8.78 Å². The maximum atomic E-state index is 12.3. The second-order valence-electron chi connectivity index (χ2n) is 2.30. The van der Waals surface area contributed by atoms with Gasteiger partial charge >= 0.3 is 0 Å². The van der Waals surface area contributed by atoms with Crippen molar-refractivity contribution in [2.45, 2.75) is 6.43 Å². The smallest absolute Gasteiger partial charge is 0.278 e. The van der Waals surface area contributed by atoms with Crippen molar-refractivity contribution in [3.63, 3.8) is 0 Å². The molecule has 2 aromatic rings. The summed E-state index contributed by atoms with van der Waals surface area (Å²) < 4.78 is 26.3. The van der Waals surface area contributed by atoms with Crippen LogP contribution in [0.25, 0.3) is 5.65 Å². The van der Waals surface area contributed by atoms with Crippen molar-refractivity contribution >= 4 is 21.6 Å².